The predicted octanol–water partition coefficient (Wildman–Crippen LogP) is 0.416. The van der Waals surface area contributed by atoms with Crippen LogP contribution in [-0.2, 0) is 17.9 Å². The highest BCUT2D eigenvalue weighted by atomic mass is 16.5. The Morgan fingerprint density at radius 3 is 2.92 bits per heavy atom. The zero-order valence-electron chi connectivity index (χ0n) is 14.2. The molecule has 9 heteroatoms. The summed E-state index contributed by atoms with van der Waals surface area (Å²) in [6.07, 6.45) is 0. The maximum Gasteiger partial charge on any atom is 0.255 e. The minimum atomic E-state index is -0.414. The van der Waals surface area contributed by atoms with E-state index >= 15 is 0 Å². The van der Waals surface area contributed by atoms with Crippen LogP contribution in [0.25, 0.3) is 0 Å². The number of methoxy groups -OCH3 is 2. The van der Waals surface area contributed by atoms with Gasteiger partial charge in [0.1, 0.15) is 23.2 Å². The number of nitrogens with one attached hydrogen (secondary N) is 2. The highest BCUT2D eigenvalue weighted by Crippen LogP contribution is 2.24. The summed E-state index contributed by atoms with van der Waals surface area (Å²) in [7, 11) is 3.04. The Morgan fingerprint density at radius 1 is 1.40 bits per heavy atom. The molecule has 1 unspecified atom stereocenters. The molecule has 2 N–H and O–H groups in total. The monoisotopic (exact) mass is 345 g/mol. The minimum absolute atomic E-state index is 0.101. The molecule has 3 rings (SSSR count). The van der Waals surface area contributed by atoms with Gasteiger partial charge in [-0.05, 0) is 19.1 Å². The van der Waals surface area contributed by atoms with Gasteiger partial charge in [-0.3, -0.25) is 9.59 Å². The first-order valence-corrected chi connectivity index (χ1v) is 7.76. The van der Waals surface area contributed by atoms with E-state index in [1.54, 1.807) is 36.9 Å². The second kappa shape index (κ2) is 6.80. The van der Waals surface area contributed by atoms with Gasteiger partial charge in [-0.1, -0.05) is 5.21 Å². The fraction of sp³-hybridized carbons (Fsp3) is 0.375. The molecular formula is C16H19N5O4. The first kappa shape index (κ1) is 16.7. The van der Waals surface area contributed by atoms with E-state index in [0.29, 0.717) is 29.3 Å². The number of ether oxygens (including phenoxy) is 2. The Balaban J connectivity index is 1.74. The molecule has 1 aliphatic heterocycles. The van der Waals surface area contributed by atoms with Gasteiger partial charge in [0.25, 0.3) is 5.91 Å². The molecule has 1 aromatic heterocycles. The molecule has 0 fully saturated rings. The van der Waals surface area contributed by atoms with Crippen molar-refractivity contribution in [3.05, 3.63) is 35.2 Å². The van der Waals surface area contributed by atoms with Crippen molar-refractivity contribution in [1.29, 1.82) is 0 Å². The SMILES string of the molecule is COc1ccc(C(=O)NCc2nnn3c2CNC(=O)C3C)c(OC)c1. The lowest BCUT2D eigenvalue weighted by Gasteiger charge is -2.20. The van der Waals surface area contributed by atoms with Crippen LogP contribution in [0.1, 0.15) is 34.7 Å². The molecule has 0 spiro atoms. The van der Waals surface area contributed by atoms with Crippen molar-refractivity contribution in [2.75, 3.05) is 14.2 Å². The third kappa shape index (κ3) is 3.12. The number of carbonyl (C=O) groups is 2. The van der Waals surface area contributed by atoms with E-state index in [0.717, 1.165) is 5.69 Å². The highest BCUT2D eigenvalue weighted by molar-refractivity contribution is 5.97. The summed E-state index contributed by atoms with van der Waals surface area (Å²) in [5.74, 6) is 0.623. The van der Waals surface area contributed by atoms with E-state index in [1.165, 1.54) is 7.11 Å². The van der Waals surface area contributed by atoms with Crippen LogP contribution >= 0.6 is 0 Å². The molecule has 0 bridgehead atoms. The lowest BCUT2D eigenvalue weighted by atomic mass is 10.1. The second-order valence-electron chi connectivity index (χ2n) is 5.57. The van der Waals surface area contributed by atoms with Crippen molar-refractivity contribution in [2.24, 2.45) is 0 Å². The quantitative estimate of drug-likeness (QED) is 0.813. The molecule has 2 heterocycles. The summed E-state index contributed by atoms with van der Waals surface area (Å²) in [6, 6.07) is 4.55. The molecule has 1 aromatic carbocycles. The van der Waals surface area contributed by atoms with Crippen molar-refractivity contribution < 1.29 is 19.1 Å². The predicted molar refractivity (Wildman–Crippen MR) is 87.3 cm³/mol. The molecule has 0 saturated heterocycles. The molecular weight excluding hydrogens is 326 g/mol. The van der Waals surface area contributed by atoms with Crippen LogP contribution in [0.2, 0.25) is 0 Å². The van der Waals surface area contributed by atoms with E-state index in [2.05, 4.69) is 20.9 Å². The van der Waals surface area contributed by atoms with E-state index in [-0.39, 0.29) is 18.4 Å². The number of fused-ring (bicyclic) bond motifs is 1. The first-order chi connectivity index (χ1) is 12.0. The maximum atomic E-state index is 12.4. The summed E-state index contributed by atoms with van der Waals surface area (Å²) in [6.45, 7) is 2.29. The van der Waals surface area contributed by atoms with E-state index in [9.17, 15) is 9.59 Å². The summed E-state index contributed by atoms with van der Waals surface area (Å²) < 4.78 is 11.9. The van der Waals surface area contributed by atoms with Crippen LogP contribution in [0.3, 0.4) is 0 Å². The first-order valence-electron chi connectivity index (χ1n) is 7.76. The van der Waals surface area contributed by atoms with Gasteiger partial charge in [-0.15, -0.1) is 5.10 Å². The number of aromatic nitrogens is 3. The largest absolute Gasteiger partial charge is 0.497 e. The number of nitrogens with zero attached hydrogens (tertiary/aromatic N) is 3. The van der Waals surface area contributed by atoms with Crippen LogP contribution < -0.4 is 20.1 Å². The fourth-order valence-electron chi connectivity index (χ4n) is 2.65. The number of rotatable bonds is 5. The maximum absolute atomic E-state index is 12.4. The number of benzene rings is 1. The molecule has 1 aliphatic rings. The Bertz CT molecular complexity index is 817. The van der Waals surface area contributed by atoms with Crippen LogP contribution in [0, 0.1) is 0 Å². The Hall–Kier alpha value is -3.10. The van der Waals surface area contributed by atoms with Gasteiger partial charge in [-0.2, -0.15) is 0 Å². The summed E-state index contributed by atoms with van der Waals surface area (Å²) in [4.78, 5) is 24.1. The molecule has 0 aliphatic carbocycles. The van der Waals surface area contributed by atoms with Crippen LogP contribution in [-0.4, -0.2) is 41.0 Å². The zero-order chi connectivity index (χ0) is 18.0. The topological polar surface area (TPSA) is 107 Å². The number of carbonyl (C=O) groups excluding carboxylic acids is 2. The lowest BCUT2D eigenvalue weighted by molar-refractivity contribution is -0.125. The standard InChI is InChI=1S/C16H19N5O4/c1-9-15(22)18-8-13-12(19-20-21(9)13)7-17-16(23)11-5-4-10(24-2)6-14(11)25-3/h4-6,9H,7-8H2,1-3H3,(H,17,23)(H,18,22). The van der Waals surface area contributed by atoms with Crippen LogP contribution in [0.15, 0.2) is 18.2 Å². The van der Waals surface area contributed by atoms with Gasteiger partial charge < -0.3 is 20.1 Å². The van der Waals surface area contributed by atoms with Crippen molar-refractivity contribution in [2.45, 2.75) is 26.1 Å². The van der Waals surface area contributed by atoms with Crippen molar-refractivity contribution in [3.8, 4) is 11.5 Å². The van der Waals surface area contributed by atoms with Crippen molar-refractivity contribution >= 4 is 11.8 Å². The fourth-order valence-corrected chi connectivity index (χ4v) is 2.65. The molecule has 132 valence electrons. The molecule has 2 aromatic rings. The average molecular weight is 345 g/mol. The van der Waals surface area contributed by atoms with Crippen molar-refractivity contribution in [3.63, 3.8) is 0 Å². The molecule has 0 saturated carbocycles. The van der Waals surface area contributed by atoms with E-state index in [1.807, 2.05) is 0 Å². The third-order valence-corrected chi connectivity index (χ3v) is 4.12. The molecule has 2 amide bonds. The molecule has 1 atom stereocenters. The van der Waals surface area contributed by atoms with E-state index in [4.69, 9.17) is 9.47 Å². The number of hydrogen-bond donors (Lipinski definition) is 2. The Morgan fingerprint density at radius 2 is 2.20 bits per heavy atom. The third-order valence-electron chi connectivity index (χ3n) is 4.12. The van der Waals surface area contributed by atoms with Gasteiger partial charge >= 0.3 is 0 Å². The zero-order valence-corrected chi connectivity index (χ0v) is 14.2. The average Bonchev–Trinajstić information content (AvgIpc) is 3.05. The smallest absolute Gasteiger partial charge is 0.255 e. The minimum Gasteiger partial charge on any atom is -0.497 e. The Labute approximate surface area is 144 Å². The lowest BCUT2D eigenvalue weighted by Crippen LogP contribution is -2.38. The number of amides is 2. The van der Waals surface area contributed by atoms with Gasteiger partial charge in [0.15, 0.2) is 0 Å². The van der Waals surface area contributed by atoms with Crippen molar-refractivity contribution in [1.82, 2.24) is 25.6 Å². The summed E-state index contributed by atoms with van der Waals surface area (Å²) >= 11 is 0. The second-order valence-corrected chi connectivity index (χ2v) is 5.57. The van der Waals surface area contributed by atoms with Gasteiger partial charge in [-0.25, -0.2) is 4.68 Å². The van der Waals surface area contributed by atoms with Crippen LogP contribution in [0.4, 0.5) is 0 Å². The van der Waals surface area contributed by atoms with Gasteiger partial charge in [0.05, 0.1) is 38.6 Å². The van der Waals surface area contributed by atoms with Gasteiger partial charge in [0, 0.05) is 6.07 Å². The highest BCUT2D eigenvalue weighted by Gasteiger charge is 2.27. The van der Waals surface area contributed by atoms with E-state index < -0.39 is 6.04 Å². The number of hydrogen-bond acceptors (Lipinski definition) is 6. The van der Waals surface area contributed by atoms with Gasteiger partial charge in [0.2, 0.25) is 5.91 Å². The molecule has 25 heavy (non-hydrogen) atoms. The molecule has 9 nitrogen and oxygen atoms in total. The normalized spacial score (nSPS) is 16.0. The Kier molecular flexibility index (Phi) is 4.55. The van der Waals surface area contributed by atoms with Crippen LogP contribution in [0.5, 0.6) is 11.5 Å². The molecule has 0 radical (unpaired) electrons. The summed E-state index contributed by atoms with van der Waals surface area (Å²) in [5, 5.41) is 13.7. The summed E-state index contributed by atoms with van der Waals surface area (Å²) in [5.41, 5.74) is 1.80.